The lowest BCUT2D eigenvalue weighted by atomic mass is 10.3. The van der Waals surface area contributed by atoms with E-state index in [0.29, 0.717) is 22.3 Å². The predicted octanol–water partition coefficient (Wildman–Crippen LogP) is 2.02. The molecule has 4 nitrogen and oxygen atoms in total. The number of para-hydroxylation sites is 2. The highest BCUT2D eigenvalue weighted by Gasteiger charge is 2.07. The van der Waals surface area contributed by atoms with Crippen LogP contribution < -0.4 is 0 Å². The Bertz CT molecular complexity index is 562. The van der Waals surface area contributed by atoms with Gasteiger partial charge < -0.3 is 0 Å². The summed E-state index contributed by atoms with van der Waals surface area (Å²) < 4.78 is 0. The summed E-state index contributed by atoms with van der Waals surface area (Å²) in [5.74, 6) is 0. The molecule has 5 heteroatoms. The number of nitriles is 1. The minimum Gasteiger partial charge on any atom is -0.296 e. The van der Waals surface area contributed by atoms with Crippen molar-refractivity contribution in [2.45, 2.75) is 5.03 Å². The molecule has 0 saturated heterocycles. The molecule has 0 N–H and O–H groups in total. The van der Waals surface area contributed by atoms with Gasteiger partial charge in [0.05, 0.1) is 11.0 Å². The molecule has 0 saturated carbocycles. The van der Waals surface area contributed by atoms with Gasteiger partial charge >= 0.3 is 0 Å². The number of benzene rings is 1. The molecule has 15 heavy (non-hydrogen) atoms. The lowest BCUT2D eigenvalue weighted by molar-refractivity contribution is 0.111. The number of hydrogen-bond donors (Lipinski definition) is 0. The molecule has 2 rings (SSSR count). The number of carbonyl (C=O) groups excluding carboxylic acids is 1. The van der Waals surface area contributed by atoms with Crippen LogP contribution in [0.1, 0.15) is 10.5 Å². The summed E-state index contributed by atoms with van der Waals surface area (Å²) in [7, 11) is 0. The van der Waals surface area contributed by atoms with Gasteiger partial charge in [-0.2, -0.15) is 5.26 Å². The number of rotatable bonds is 2. The van der Waals surface area contributed by atoms with E-state index in [4.69, 9.17) is 5.26 Å². The Morgan fingerprint density at radius 2 is 1.93 bits per heavy atom. The minimum absolute atomic E-state index is 0.209. The van der Waals surface area contributed by atoms with E-state index < -0.39 is 0 Å². The van der Waals surface area contributed by atoms with Crippen molar-refractivity contribution in [1.82, 2.24) is 9.97 Å². The fraction of sp³-hybridized carbons (Fsp3) is 0. The largest absolute Gasteiger partial charge is 0.296 e. The van der Waals surface area contributed by atoms with E-state index in [2.05, 4.69) is 9.97 Å². The third-order valence-electron chi connectivity index (χ3n) is 1.82. The van der Waals surface area contributed by atoms with Crippen molar-refractivity contribution in [2.24, 2.45) is 0 Å². The molecule has 0 unspecified atom stereocenters. The first-order chi connectivity index (χ1) is 7.35. The summed E-state index contributed by atoms with van der Waals surface area (Å²) >= 11 is 0.842. The second kappa shape index (κ2) is 4.07. The second-order valence-corrected chi connectivity index (χ2v) is 3.49. The average molecular weight is 215 g/mol. The predicted molar refractivity (Wildman–Crippen MR) is 56.4 cm³/mol. The Balaban J connectivity index is 2.70. The van der Waals surface area contributed by atoms with Gasteiger partial charge in [-0.25, -0.2) is 9.97 Å². The summed E-state index contributed by atoms with van der Waals surface area (Å²) in [5.41, 5.74) is 1.54. The monoisotopic (exact) mass is 215 g/mol. The van der Waals surface area contributed by atoms with Crippen molar-refractivity contribution in [1.29, 1.82) is 5.26 Å². The molecule has 72 valence electrons. The van der Waals surface area contributed by atoms with Crippen LogP contribution in [0.3, 0.4) is 0 Å². The molecule has 0 atom stereocenters. The van der Waals surface area contributed by atoms with Gasteiger partial charge in [-0.3, -0.25) is 4.79 Å². The number of thioether (sulfide) groups is 1. The quantitative estimate of drug-likeness (QED) is 0.435. The highest BCUT2D eigenvalue weighted by molar-refractivity contribution is 8.03. The van der Waals surface area contributed by atoms with E-state index >= 15 is 0 Å². The third-order valence-corrected chi connectivity index (χ3v) is 2.40. The number of nitrogens with zero attached hydrogens (tertiary/aromatic N) is 3. The summed E-state index contributed by atoms with van der Waals surface area (Å²) in [5, 5.41) is 10.8. The maximum absolute atomic E-state index is 10.7. The van der Waals surface area contributed by atoms with Crippen molar-refractivity contribution in [3.63, 3.8) is 0 Å². The lowest BCUT2D eigenvalue weighted by Gasteiger charge is -2.00. The van der Waals surface area contributed by atoms with E-state index in [9.17, 15) is 4.79 Å². The van der Waals surface area contributed by atoms with Gasteiger partial charge in [0.15, 0.2) is 6.29 Å². The first-order valence-electron chi connectivity index (χ1n) is 4.13. The van der Waals surface area contributed by atoms with Gasteiger partial charge in [0.2, 0.25) is 0 Å². The van der Waals surface area contributed by atoms with Crippen LogP contribution in [-0.4, -0.2) is 16.3 Å². The molecule has 1 heterocycles. The molecule has 0 spiro atoms. The Morgan fingerprint density at radius 1 is 1.27 bits per heavy atom. The zero-order valence-electron chi connectivity index (χ0n) is 7.54. The van der Waals surface area contributed by atoms with Crippen molar-refractivity contribution in [2.75, 3.05) is 0 Å². The first-order valence-corrected chi connectivity index (χ1v) is 4.94. The van der Waals surface area contributed by atoms with Gasteiger partial charge in [0.1, 0.15) is 16.1 Å². The van der Waals surface area contributed by atoms with Crippen LogP contribution in [-0.2, 0) is 0 Å². The molecule has 0 bridgehead atoms. The number of fused-ring (bicyclic) bond motifs is 1. The lowest BCUT2D eigenvalue weighted by Crippen LogP contribution is -1.95. The zero-order chi connectivity index (χ0) is 10.7. The number of thiocyanates is 1. The van der Waals surface area contributed by atoms with Gasteiger partial charge in [-0.05, 0) is 12.1 Å². The van der Waals surface area contributed by atoms with Crippen LogP contribution in [0.15, 0.2) is 29.3 Å². The highest BCUT2D eigenvalue weighted by atomic mass is 32.2. The minimum atomic E-state index is 0.209. The fourth-order valence-electron chi connectivity index (χ4n) is 1.19. The fourth-order valence-corrected chi connectivity index (χ4v) is 1.62. The number of aldehydes is 1. The van der Waals surface area contributed by atoms with Crippen molar-refractivity contribution < 1.29 is 4.79 Å². The molecule has 0 aliphatic carbocycles. The van der Waals surface area contributed by atoms with Crippen molar-refractivity contribution in [3.05, 3.63) is 30.0 Å². The van der Waals surface area contributed by atoms with Crippen LogP contribution in [0.4, 0.5) is 0 Å². The molecular formula is C10H5N3OS. The smallest absolute Gasteiger partial charge is 0.171 e. The van der Waals surface area contributed by atoms with Gasteiger partial charge in [-0.15, -0.1) is 0 Å². The number of aromatic nitrogens is 2. The standard InChI is InChI=1S/C10H5N3OS/c11-6-15-10-9(5-14)12-7-3-1-2-4-8(7)13-10/h1-5H. The van der Waals surface area contributed by atoms with Crippen LogP contribution in [0.25, 0.3) is 11.0 Å². The van der Waals surface area contributed by atoms with E-state index in [0.717, 1.165) is 11.8 Å². The summed E-state index contributed by atoms with van der Waals surface area (Å²) in [6.45, 7) is 0. The Labute approximate surface area is 90.0 Å². The van der Waals surface area contributed by atoms with Gasteiger partial charge in [0.25, 0.3) is 0 Å². The molecule has 0 aliphatic rings. The molecule has 1 aromatic heterocycles. The van der Waals surface area contributed by atoms with Crippen LogP contribution in [0, 0.1) is 10.7 Å². The topological polar surface area (TPSA) is 66.6 Å². The van der Waals surface area contributed by atoms with E-state index in [1.807, 2.05) is 17.5 Å². The summed E-state index contributed by atoms with van der Waals surface area (Å²) in [6, 6.07) is 7.22. The Hall–Kier alpha value is -1.93. The van der Waals surface area contributed by atoms with Crippen LogP contribution in [0.2, 0.25) is 0 Å². The highest BCUT2D eigenvalue weighted by Crippen LogP contribution is 2.20. The molecule has 0 amide bonds. The third kappa shape index (κ3) is 1.80. The molecule has 0 aliphatic heterocycles. The van der Waals surface area contributed by atoms with Gasteiger partial charge in [-0.1, -0.05) is 12.1 Å². The normalized spacial score (nSPS) is 9.80. The summed E-state index contributed by atoms with van der Waals surface area (Å²) in [6.07, 6.45) is 0.610. The van der Waals surface area contributed by atoms with Gasteiger partial charge in [0, 0.05) is 11.8 Å². The molecule has 1 aromatic carbocycles. The SMILES string of the molecule is N#CSc1nc2ccccc2nc1C=O. The average Bonchev–Trinajstić information content (AvgIpc) is 2.28. The molecular weight excluding hydrogens is 210 g/mol. The number of hydrogen-bond acceptors (Lipinski definition) is 5. The Morgan fingerprint density at radius 3 is 2.53 bits per heavy atom. The van der Waals surface area contributed by atoms with Crippen molar-refractivity contribution in [3.8, 4) is 5.40 Å². The maximum atomic E-state index is 10.7. The molecule has 2 aromatic rings. The van der Waals surface area contributed by atoms with E-state index in [1.54, 1.807) is 12.1 Å². The maximum Gasteiger partial charge on any atom is 0.171 e. The van der Waals surface area contributed by atoms with Crippen LogP contribution in [0.5, 0.6) is 0 Å². The van der Waals surface area contributed by atoms with Crippen molar-refractivity contribution >= 4 is 29.1 Å². The first kappa shape index (κ1) is 9.62. The zero-order valence-corrected chi connectivity index (χ0v) is 8.36. The summed E-state index contributed by atoms with van der Waals surface area (Å²) in [4.78, 5) is 19.0. The molecule has 0 radical (unpaired) electrons. The Kier molecular flexibility index (Phi) is 2.61. The molecule has 0 fully saturated rings. The second-order valence-electron chi connectivity index (χ2n) is 2.71. The van der Waals surface area contributed by atoms with E-state index in [1.165, 1.54) is 0 Å². The van der Waals surface area contributed by atoms with E-state index in [-0.39, 0.29) is 5.69 Å². The number of carbonyl (C=O) groups is 1. The van der Waals surface area contributed by atoms with Crippen LogP contribution >= 0.6 is 11.8 Å².